The van der Waals surface area contributed by atoms with E-state index < -0.39 is 0 Å². The Morgan fingerprint density at radius 3 is 2.40 bits per heavy atom. The molecule has 0 bridgehead atoms. The molecule has 10 heteroatoms. The van der Waals surface area contributed by atoms with Gasteiger partial charge in [-0.15, -0.1) is 0 Å². The quantitative estimate of drug-likeness (QED) is 0.198. The van der Waals surface area contributed by atoms with Crippen LogP contribution in [0, 0.1) is 13.8 Å². The van der Waals surface area contributed by atoms with Crippen molar-refractivity contribution < 1.29 is 19.1 Å². The van der Waals surface area contributed by atoms with Crippen LogP contribution in [0.1, 0.15) is 58.4 Å². The zero-order chi connectivity index (χ0) is 30.0. The minimum absolute atomic E-state index is 0.0976. The summed E-state index contributed by atoms with van der Waals surface area (Å²) in [6, 6.07) is 20.5. The molecule has 2 atom stereocenters. The van der Waals surface area contributed by atoms with Gasteiger partial charge in [-0.1, -0.05) is 13.0 Å². The molecule has 4 aromatic rings. The Morgan fingerprint density at radius 1 is 1.02 bits per heavy atom. The van der Waals surface area contributed by atoms with Gasteiger partial charge in [-0.05, 0) is 86.2 Å². The van der Waals surface area contributed by atoms with Gasteiger partial charge in [0, 0.05) is 41.4 Å². The van der Waals surface area contributed by atoms with Crippen molar-refractivity contribution in [3.63, 3.8) is 0 Å². The van der Waals surface area contributed by atoms with Gasteiger partial charge in [0.05, 0.1) is 43.2 Å². The second-order valence-corrected chi connectivity index (χ2v) is 10.4. The van der Waals surface area contributed by atoms with Crippen LogP contribution in [0.15, 0.2) is 72.9 Å². The molecule has 3 heterocycles. The van der Waals surface area contributed by atoms with E-state index in [0.717, 1.165) is 34.0 Å². The number of thiocarbonyl (C=S) groups is 1. The number of esters is 1. The highest BCUT2D eigenvalue weighted by Gasteiger charge is 2.42. The number of benzene rings is 2. The summed E-state index contributed by atoms with van der Waals surface area (Å²) in [6.45, 7) is 5.94. The van der Waals surface area contributed by atoms with Gasteiger partial charge in [-0.3, -0.25) is 9.78 Å². The number of anilines is 2. The SMILES string of the molecule is CCC(=O)Nc1ccc(N2C(=S)N[C@H](c3ccccn3)[C@H]2c2cc(C)n(-c3ccc(C(=O)OC)cc3)c2C)cc1OC. The molecule has 1 aliphatic heterocycles. The molecule has 2 N–H and O–H groups in total. The molecule has 5 rings (SSSR count). The maximum Gasteiger partial charge on any atom is 0.337 e. The van der Waals surface area contributed by atoms with Crippen LogP contribution >= 0.6 is 12.2 Å². The summed E-state index contributed by atoms with van der Waals surface area (Å²) in [5, 5.41) is 6.95. The van der Waals surface area contributed by atoms with Gasteiger partial charge in [0.2, 0.25) is 5.91 Å². The highest BCUT2D eigenvalue weighted by molar-refractivity contribution is 7.80. The summed E-state index contributed by atoms with van der Waals surface area (Å²) < 4.78 is 12.7. The monoisotopic (exact) mass is 583 g/mol. The average molecular weight is 584 g/mol. The molecule has 9 nitrogen and oxygen atoms in total. The van der Waals surface area contributed by atoms with Gasteiger partial charge < -0.3 is 29.6 Å². The van der Waals surface area contributed by atoms with Crippen molar-refractivity contribution in [3.8, 4) is 11.4 Å². The maximum absolute atomic E-state index is 12.1. The van der Waals surface area contributed by atoms with Gasteiger partial charge in [0.1, 0.15) is 5.75 Å². The number of ether oxygens (including phenoxy) is 2. The predicted octanol–water partition coefficient (Wildman–Crippen LogP) is 5.81. The first-order valence-corrected chi connectivity index (χ1v) is 14.0. The largest absolute Gasteiger partial charge is 0.494 e. The number of hydrogen-bond acceptors (Lipinski definition) is 6. The standard InChI is InChI=1S/C32H33N5O4S/c1-6-28(38)34-25-15-14-23(18-27(25)40-4)37-30(29(35-32(37)42)26-9-7-8-16-33-26)24-17-19(2)36(20(24)3)22-12-10-21(11-13-22)31(39)41-5/h7-18,29-30H,6H2,1-5H3,(H,34,38)(H,35,42)/t29-,30-/m1/s1. The number of nitrogens with one attached hydrogen (secondary N) is 2. The molecule has 0 aliphatic carbocycles. The fraction of sp³-hybridized carbons (Fsp3) is 0.250. The fourth-order valence-electron chi connectivity index (χ4n) is 5.47. The number of aromatic nitrogens is 2. The molecule has 0 radical (unpaired) electrons. The van der Waals surface area contributed by atoms with E-state index in [1.54, 1.807) is 32.4 Å². The third-order valence-electron chi connectivity index (χ3n) is 7.49. The Balaban J connectivity index is 1.62. The van der Waals surface area contributed by atoms with Crippen LogP contribution in [-0.2, 0) is 9.53 Å². The summed E-state index contributed by atoms with van der Waals surface area (Å²) in [5.41, 5.74) is 6.81. The lowest BCUT2D eigenvalue weighted by molar-refractivity contribution is -0.115. The van der Waals surface area contributed by atoms with E-state index >= 15 is 0 Å². The van der Waals surface area contributed by atoms with Gasteiger partial charge in [0.15, 0.2) is 5.11 Å². The van der Waals surface area contributed by atoms with Crippen LogP contribution in [0.25, 0.3) is 5.69 Å². The third-order valence-corrected chi connectivity index (χ3v) is 7.81. The summed E-state index contributed by atoms with van der Waals surface area (Å²) >= 11 is 5.93. The lowest BCUT2D eigenvalue weighted by atomic mass is 9.96. The number of nitrogens with zero attached hydrogens (tertiary/aromatic N) is 3. The number of carbonyl (C=O) groups is 2. The molecule has 1 aliphatic rings. The fourth-order valence-corrected chi connectivity index (χ4v) is 5.82. The zero-order valence-corrected chi connectivity index (χ0v) is 25.0. The van der Waals surface area contributed by atoms with E-state index in [-0.39, 0.29) is 24.0 Å². The smallest absolute Gasteiger partial charge is 0.337 e. The molecule has 1 amide bonds. The van der Waals surface area contributed by atoms with Crippen LogP contribution in [0.2, 0.25) is 0 Å². The van der Waals surface area contributed by atoms with Crippen LogP contribution in [0.3, 0.4) is 0 Å². The highest BCUT2D eigenvalue weighted by Crippen LogP contribution is 2.45. The molecule has 2 aromatic carbocycles. The van der Waals surface area contributed by atoms with Crippen LogP contribution in [0.4, 0.5) is 11.4 Å². The van der Waals surface area contributed by atoms with Crippen molar-refractivity contribution in [2.75, 3.05) is 24.4 Å². The number of hydrogen-bond donors (Lipinski definition) is 2. The number of rotatable bonds is 8. The van der Waals surface area contributed by atoms with Gasteiger partial charge >= 0.3 is 5.97 Å². The van der Waals surface area contributed by atoms with Crippen molar-refractivity contribution in [1.82, 2.24) is 14.9 Å². The molecule has 1 fully saturated rings. The first-order valence-electron chi connectivity index (χ1n) is 13.6. The summed E-state index contributed by atoms with van der Waals surface area (Å²) in [6.07, 6.45) is 2.14. The Morgan fingerprint density at radius 2 is 1.76 bits per heavy atom. The number of amides is 1. The molecule has 42 heavy (non-hydrogen) atoms. The second kappa shape index (κ2) is 12.0. The number of pyridine rings is 1. The van der Waals surface area contributed by atoms with Gasteiger partial charge in [-0.25, -0.2) is 4.79 Å². The van der Waals surface area contributed by atoms with E-state index in [1.165, 1.54) is 7.11 Å². The maximum atomic E-state index is 12.1. The Bertz CT molecular complexity index is 1630. The number of methoxy groups -OCH3 is 2. The lowest BCUT2D eigenvalue weighted by Crippen LogP contribution is -2.29. The predicted molar refractivity (Wildman–Crippen MR) is 166 cm³/mol. The van der Waals surface area contributed by atoms with E-state index in [9.17, 15) is 9.59 Å². The summed E-state index contributed by atoms with van der Waals surface area (Å²) in [4.78, 5) is 30.8. The molecular weight excluding hydrogens is 550 g/mol. The molecule has 0 spiro atoms. The number of carbonyl (C=O) groups excluding carboxylic acids is 2. The molecule has 0 saturated carbocycles. The third kappa shape index (κ3) is 5.33. The summed E-state index contributed by atoms with van der Waals surface area (Å²) in [5.74, 6) is 0.0612. The number of aryl methyl sites for hydroxylation is 1. The molecule has 0 unspecified atom stereocenters. The van der Waals surface area contributed by atoms with Gasteiger partial charge in [-0.2, -0.15) is 0 Å². The van der Waals surface area contributed by atoms with E-state index in [1.807, 2.05) is 48.5 Å². The van der Waals surface area contributed by atoms with Crippen molar-refractivity contribution in [2.24, 2.45) is 0 Å². The first kappa shape index (κ1) is 28.8. The minimum atomic E-state index is -0.377. The van der Waals surface area contributed by atoms with Crippen molar-refractivity contribution in [1.29, 1.82) is 0 Å². The average Bonchev–Trinajstić information content (AvgIpc) is 3.51. The van der Waals surface area contributed by atoms with Crippen LogP contribution in [0.5, 0.6) is 5.75 Å². The van der Waals surface area contributed by atoms with Crippen molar-refractivity contribution in [2.45, 2.75) is 39.3 Å². The zero-order valence-electron chi connectivity index (χ0n) is 24.2. The molecule has 1 saturated heterocycles. The van der Waals surface area contributed by atoms with E-state index in [2.05, 4.69) is 45.0 Å². The minimum Gasteiger partial charge on any atom is -0.494 e. The molecule has 216 valence electrons. The second-order valence-electron chi connectivity index (χ2n) is 9.98. The van der Waals surface area contributed by atoms with Crippen LogP contribution in [-0.4, -0.2) is 40.8 Å². The first-order chi connectivity index (χ1) is 20.3. The van der Waals surface area contributed by atoms with Crippen molar-refractivity contribution in [3.05, 3.63) is 101 Å². The molecule has 2 aromatic heterocycles. The molecular formula is C32H33N5O4S. The normalized spacial score (nSPS) is 16.2. The van der Waals surface area contributed by atoms with E-state index in [4.69, 9.17) is 21.7 Å². The topological polar surface area (TPSA) is 97.7 Å². The summed E-state index contributed by atoms with van der Waals surface area (Å²) in [7, 11) is 2.95. The van der Waals surface area contributed by atoms with Crippen LogP contribution < -0.4 is 20.3 Å². The lowest BCUT2D eigenvalue weighted by Gasteiger charge is -2.29. The van der Waals surface area contributed by atoms with E-state index in [0.29, 0.717) is 28.5 Å². The van der Waals surface area contributed by atoms with Crippen molar-refractivity contribution >= 4 is 40.6 Å². The highest BCUT2D eigenvalue weighted by atomic mass is 32.1. The van der Waals surface area contributed by atoms with Gasteiger partial charge in [0.25, 0.3) is 0 Å². The Kier molecular flexibility index (Phi) is 8.26. The Hall–Kier alpha value is -4.70. The Labute approximate surface area is 250 Å².